The molecule has 0 radical (unpaired) electrons. The van der Waals surface area contributed by atoms with Crippen molar-refractivity contribution in [3.63, 3.8) is 0 Å². The monoisotopic (exact) mass is 250 g/mol. The van der Waals surface area contributed by atoms with Crippen LogP contribution in [-0.2, 0) is 5.54 Å². The molecule has 0 saturated heterocycles. The zero-order valence-electron chi connectivity index (χ0n) is 11.0. The molecule has 98 valence electrons. The second-order valence-corrected chi connectivity index (χ2v) is 4.94. The first-order valence-electron chi connectivity index (χ1n) is 6.20. The lowest BCUT2D eigenvalue weighted by atomic mass is 9.94. The average molecular weight is 250 g/mol. The first-order valence-corrected chi connectivity index (χ1v) is 6.20. The fourth-order valence-electron chi connectivity index (χ4n) is 2.43. The van der Waals surface area contributed by atoms with Crippen LogP contribution < -0.4 is 5.73 Å². The Hall–Kier alpha value is -1.65. The predicted molar refractivity (Wildman–Crippen MR) is 69.6 cm³/mol. The minimum absolute atomic E-state index is 0.271. The molecule has 1 aliphatic rings. The van der Waals surface area contributed by atoms with Gasteiger partial charge in [-0.25, -0.2) is 4.39 Å². The van der Waals surface area contributed by atoms with Crippen molar-refractivity contribution in [3.8, 4) is 0 Å². The van der Waals surface area contributed by atoms with Crippen molar-refractivity contribution in [2.24, 2.45) is 10.7 Å². The van der Waals surface area contributed by atoms with Gasteiger partial charge in [-0.1, -0.05) is 6.92 Å². The van der Waals surface area contributed by atoms with E-state index in [1.54, 1.807) is 6.07 Å². The Kier molecular flexibility index (Phi) is 3.24. The summed E-state index contributed by atoms with van der Waals surface area (Å²) < 4.78 is 13.0. The van der Waals surface area contributed by atoms with Gasteiger partial charge in [0.1, 0.15) is 11.4 Å². The van der Waals surface area contributed by atoms with Gasteiger partial charge in [0, 0.05) is 6.04 Å². The zero-order chi connectivity index (χ0) is 13.3. The lowest BCUT2D eigenvalue weighted by Gasteiger charge is -2.39. The van der Waals surface area contributed by atoms with Gasteiger partial charge in [-0.2, -0.15) is 0 Å². The van der Waals surface area contributed by atoms with Crippen LogP contribution in [0.25, 0.3) is 0 Å². The van der Waals surface area contributed by atoms with E-state index in [2.05, 4.69) is 28.7 Å². The lowest BCUT2D eigenvalue weighted by Crippen LogP contribution is -2.52. The third kappa shape index (κ3) is 1.94. The van der Waals surface area contributed by atoms with Crippen LogP contribution in [0.2, 0.25) is 0 Å². The lowest BCUT2D eigenvalue weighted by molar-refractivity contribution is 0.166. The number of guanidine groups is 1. The Labute approximate surface area is 107 Å². The molecule has 0 aliphatic carbocycles. The van der Waals surface area contributed by atoms with Gasteiger partial charge in [0.15, 0.2) is 5.96 Å². The highest BCUT2D eigenvalue weighted by atomic mass is 19.1. The van der Waals surface area contributed by atoms with E-state index in [0.717, 1.165) is 12.1 Å². The summed E-state index contributed by atoms with van der Waals surface area (Å²) >= 11 is 0. The molecule has 2 rings (SSSR count). The highest BCUT2D eigenvalue weighted by Crippen LogP contribution is 2.33. The molecule has 2 heterocycles. The van der Waals surface area contributed by atoms with Crippen LogP contribution in [0.4, 0.5) is 4.39 Å². The maximum Gasteiger partial charge on any atom is 0.192 e. The molecule has 18 heavy (non-hydrogen) atoms. The fraction of sp³-hybridized carbons (Fsp3) is 0.538. The van der Waals surface area contributed by atoms with E-state index in [-0.39, 0.29) is 17.4 Å². The third-order valence-corrected chi connectivity index (χ3v) is 3.64. The van der Waals surface area contributed by atoms with Gasteiger partial charge in [-0.05, 0) is 32.4 Å². The van der Waals surface area contributed by atoms with E-state index in [4.69, 9.17) is 5.73 Å². The molecule has 2 unspecified atom stereocenters. The van der Waals surface area contributed by atoms with Crippen LogP contribution in [0.1, 0.15) is 32.9 Å². The number of pyridine rings is 1. The summed E-state index contributed by atoms with van der Waals surface area (Å²) in [6, 6.07) is 3.41. The van der Waals surface area contributed by atoms with Crippen LogP contribution in [0, 0.1) is 5.82 Å². The Morgan fingerprint density at radius 1 is 1.56 bits per heavy atom. The van der Waals surface area contributed by atoms with Crippen LogP contribution in [0.3, 0.4) is 0 Å². The van der Waals surface area contributed by atoms with Crippen molar-refractivity contribution >= 4 is 5.96 Å². The van der Waals surface area contributed by atoms with Crippen molar-refractivity contribution in [1.29, 1.82) is 0 Å². The van der Waals surface area contributed by atoms with Crippen molar-refractivity contribution < 1.29 is 4.39 Å². The fourth-order valence-corrected chi connectivity index (χ4v) is 2.43. The molecule has 1 aromatic rings. The van der Waals surface area contributed by atoms with Gasteiger partial charge in [0.05, 0.1) is 18.4 Å². The average Bonchev–Trinajstić information content (AvgIpc) is 2.66. The number of halogens is 1. The van der Waals surface area contributed by atoms with Crippen molar-refractivity contribution in [2.45, 2.75) is 38.8 Å². The molecule has 0 spiro atoms. The quantitative estimate of drug-likeness (QED) is 0.891. The standard InChI is InChI=1S/C13H19FN4/c1-4-9(2)18-12(15)17-8-13(18,3)11-6-5-10(14)7-16-11/h5-7,9H,4,8H2,1-3H3,(H2,15,17). The van der Waals surface area contributed by atoms with Gasteiger partial charge in [-0.15, -0.1) is 0 Å². The summed E-state index contributed by atoms with van der Waals surface area (Å²) in [5.74, 6) is 0.210. The van der Waals surface area contributed by atoms with E-state index in [9.17, 15) is 4.39 Å². The SMILES string of the molecule is CCC(C)N1C(N)=NCC1(C)c1ccc(F)cn1. The summed E-state index contributed by atoms with van der Waals surface area (Å²) in [5, 5.41) is 0. The molecule has 0 aromatic carbocycles. The summed E-state index contributed by atoms with van der Waals surface area (Å²) in [4.78, 5) is 10.6. The van der Waals surface area contributed by atoms with Gasteiger partial charge >= 0.3 is 0 Å². The van der Waals surface area contributed by atoms with E-state index in [0.29, 0.717) is 12.5 Å². The number of rotatable bonds is 3. The number of aliphatic imine (C=N–C) groups is 1. The van der Waals surface area contributed by atoms with Crippen LogP contribution in [0.5, 0.6) is 0 Å². The topological polar surface area (TPSA) is 54.5 Å². The third-order valence-electron chi connectivity index (χ3n) is 3.64. The summed E-state index contributed by atoms with van der Waals surface area (Å²) in [7, 11) is 0. The Bertz CT molecular complexity index is 457. The molecule has 1 aromatic heterocycles. The summed E-state index contributed by atoms with van der Waals surface area (Å²) in [6.07, 6.45) is 2.21. The maximum absolute atomic E-state index is 13.0. The molecular weight excluding hydrogens is 231 g/mol. The minimum Gasteiger partial charge on any atom is -0.370 e. The predicted octanol–water partition coefficient (Wildman–Crippen LogP) is 1.86. The Morgan fingerprint density at radius 3 is 2.83 bits per heavy atom. The Morgan fingerprint density at radius 2 is 2.28 bits per heavy atom. The van der Waals surface area contributed by atoms with Crippen LogP contribution in [0.15, 0.2) is 23.3 Å². The van der Waals surface area contributed by atoms with E-state index in [1.807, 2.05) is 6.92 Å². The number of nitrogens with two attached hydrogens (primary N) is 1. The second kappa shape index (κ2) is 4.55. The largest absolute Gasteiger partial charge is 0.370 e. The number of aromatic nitrogens is 1. The summed E-state index contributed by atoms with van der Waals surface area (Å²) in [6.45, 7) is 6.81. The smallest absolute Gasteiger partial charge is 0.192 e. The van der Waals surface area contributed by atoms with Gasteiger partial charge in [0.25, 0.3) is 0 Å². The minimum atomic E-state index is -0.382. The molecule has 0 amide bonds. The van der Waals surface area contributed by atoms with Crippen molar-refractivity contribution in [1.82, 2.24) is 9.88 Å². The molecule has 4 nitrogen and oxygen atoms in total. The first kappa shape index (κ1) is 12.8. The number of hydrogen-bond donors (Lipinski definition) is 1. The molecule has 0 fully saturated rings. The van der Waals surface area contributed by atoms with Crippen LogP contribution >= 0.6 is 0 Å². The molecule has 2 atom stereocenters. The van der Waals surface area contributed by atoms with E-state index >= 15 is 0 Å². The molecule has 1 aliphatic heterocycles. The summed E-state index contributed by atoms with van der Waals surface area (Å²) in [5.41, 5.74) is 6.39. The van der Waals surface area contributed by atoms with Crippen LogP contribution in [-0.4, -0.2) is 28.4 Å². The molecule has 0 bridgehead atoms. The molecular formula is C13H19FN4. The Balaban J connectivity index is 2.38. The van der Waals surface area contributed by atoms with Crippen molar-refractivity contribution in [2.75, 3.05) is 6.54 Å². The molecule has 0 saturated carbocycles. The van der Waals surface area contributed by atoms with Gasteiger partial charge < -0.3 is 10.6 Å². The van der Waals surface area contributed by atoms with E-state index in [1.165, 1.54) is 12.3 Å². The number of hydrogen-bond acceptors (Lipinski definition) is 4. The normalized spacial score (nSPS) is 25.1. The second-order valence-electron chi connectivity index (χ2n) is 4.94. The highest BCUT2D eigenvalue weighted by Gasteiger charge is 2.42. The zero-order valence-corrected chi connectivity index (χ0v) is 11.0. The van der Waals surface area contributed by atoms with E-state index < -0.39 is 0 Å². The van der Waals surface area contributed by atoms with Gasteiger partial charge in [0.2, 0.25) is 0 Å². The molecule has 5 heteroatoms. The van der Waals surface area contributed by atoms with Gasteiger partial charge in [-0.3, -0.25) is 9.98 Å². The number of nitrogens with zero attached hydrogens (tertiary/aromatic N) is 3. The maximum atomic E-state index is 13.0. The molecule has 2 N–H and O–H groups in total. The highest BCUT2D eigenvalue weighted by molar-refractivity contribution is 5.81. The first-order chi connectivity index (χ1) is 8.49. The van der Waals surface area contributed by atoms with Crippen molar-refractivity contribution in [3.05, 3.63) is 29.8 Å².